The molecule has 6 nitrogen and oxygen atoms in total. The van der Waals surface area contributed by atoms with Crippen LogP contribution in [-0.4, -0.2) is 52.0 Å². The van der Waals surface area contributed by atoms with Gasteiger partial charge in [-0.1, -0.05) is 6.07 Å². The van der Waals surface area contributed by atoms with E-state index >= 15 is 0 Å². The van der Waals surface area contributed by atoms with Crippen molar-refractivity contribution < 1.29 is 0 Å². The third kappa shape index (κ3) is 5.46. The highest BCUT2D eigenvalue weighted by molar-refractivity contribution is 5.79. The van der Waals surface area contributed by atoms with E-state index in [2.05, 4.69) is 78.7 Å². The predicted octanol–water partition coefficient (Wildman–Crippen LogP) is 2.82. The Morgan fingerprint density at radius 3 is 2.54 bits per heavy atom. The second-order valence-corrected chi connectivity index (χ2v) is 7.17. The monoisotopic (exact) mass is 358 g/mol. The van der Waals surface area contributed by atoms with Gasteiger partial charge in [-0.25, -0.2) is 9.98 Å². The number of aromatic nitrogens is 2. The van der Waals surface area contributed by atoms with Crippen molar-refractivity contribution >= 4 is 11.6 Å². The van der Waals surface area contributed by atoms with Crippen molar-refractivity contribution in [2.45, 2.75) is 60.2 Å². The van der Waals surface area contributed by atoms with Crippen LogP contribution in [-0.2, 0) is 6.54 Å². The Morgan fingerprint density at radius 2 is 1.92 bits per heavy atom. The predicted molar refractivity (Wildman–Crippen MR) is 110 cm³/mol. The van der Waals surface area contributed by atoms with E-state index in [0.717, 1.165) is 36.9 Å². The lowest BCUT2D eigenvalue weighted by Gasteiger charge is -2.30. The standard InChI is InChI=1S/C20H34N6/c1-7-21-20(22-11-12-25(15(2)3)16(4)5)23-13-18-14-26-17(6)9-8-10-19(26)24-18/h8-10,14-16H,7,11-13H2,1-6H3,(H2,21,22,23). The van der Waals surface area contributed by atoms with Crippen LogP contribution in [0.15, 0.2) is 29.4 Å². The third-order valence-electron chi connectivity index (χ3n) is 4.48. The highest BCUT2D eigenvalue weighted by Crippen LogP contribution is 2.09. The van der Waals surface area contributed by atoms with Gasteiger partial charge in [0.1, 0.15) is 5.65 Å². The van der Waals surface area contributed by atoms with Crippen LogP contribution in [0.3, 0.4) is 0 Å². The first-order chi connectivity index (χ1) is 12.4. The number of nitrogens with one attached hydrogen (secondary N) is 2. The lowest BCUT2D eigenvalue weighted by molar-refractivity contribution is 0.178. The summed E-state index contributed by atoms with van der Waals surface area (Å²) in [5.41, 5.74) is 3.12. The Bertz CT molecular complexity index is 708. The van der Waals surface area contributed by atoms with Gasteiger partial charge in [-0.05, 0) is 53.7 Å². The zero-order valence-corrected chi connectivity index (χ0v) is 17.1. The number of aliphatic imine (C=N–C) groups is 1. The minimum atomic E-state index is 0.539. The molecule has 0 radical (unpaired) electrons. The minimum Gasteiger partial charge on any atom is -0.357 e. The number of guanidine groups is 1. The molecule has 2 rings (SSSR count). The van der Waals surface area contributed by atoms with E-state index in [-0.39, 0.29) is 0 Å². The lowest BCUT2D eigenvalue weighted by atomic mass is 10.2. The zero-order valence-electron chi connectivity index (χ0n) is 17.1. The van der Waals surface area contributed by atoms with Gasteiger partial charge >= 0.3 is 0 Å². The van der Waals surface area contributed by atoms with Gasteiger partial charge in [-0.15, -0.1) is 0 Å². The van der Waals surface area contributed by atoms with E-state index in [1.54, 1.807) is 0 Å². The first-order valence-corrected chi connectivity index (χ1v) is 9.63. The fourth-order valence-electron chi connectivity index (χ4n) is 3.19. The molecule has 0 aliphatic heterocycles. The Balaban J connectivity index is 1.98. The smallest absolute Gasteiger partial charge is 0.191 e. The fourth-order valence-corrected chi connectivity index (χ4v) is 3.19. The topological polar surface area (TPSA) is 57.0 Å². The first-order valence-electron chi connectivity index (χ1n) is 9.63. The summed E-state index contributed by atoms with van der Waals surface area (Å²) in [6.07, 6.45) is 2.07. The van der Waals surface area contributed by atoms with Gasteiger partial charge in [-0.3, -0.25) is 4.90 Å². The van der Waals surface area contributed by atoms with Crippen LogP contribution in [0, 0.1) is 6.92 Å². The summed E-state index contributed by atoms with van der Waals surface area (Å²) in [5, 5.41) is 6.75. The quantitative estimate of drug-likeness (QED) is 0.563. The van der Waals surface area contributed by atoms with E-state index in [1.165, 1.54) is 5.69 Å². The van der Waals surface area contributed by atoms with E-state index in [9.17, 15) is 0 Å². The number of fused-ring (bicyclic) bond motifs is 1. The molecule has 0 aliphatic carbocycles. The van der Waals surface area contributed by atoms with E-state index in [1.807, 2.05) is 12.1 Å². The van der Waals surface area contributed by atoms with Crippen LogP contribution in [0.2, 0.25) is 0 Å². The maximum absolute atomic E-state index is 4.70. The van der Waals surface area contributed by atoms with Crippen molar-refractivity contribution in [1.82, 2.24) is 24.9 Å². The second kappa shape index (κ2) is 9.57. The van der Waals surface area contributed by atoms with Crippen LogP contribution >= 0.6 is 0 Å². The number of hydrogen-bond acceptors (Lipinski definition) is 3. The normalized spacial score (nSPS) is 12.6. The third-order valence-corrected chi connectivity index (χ3v) is 4.48. The summed E-state index contributed by atoms with van der Waals surface area (Å²) in [6.45, 7) is 16.4. The molecule has 2 N–H and O–H groups in total. The maximum atomic E-state index is 4.70. The van der Waals surface area contributed by atoms with Crippen LogP contribution in [0.5, 0.6) is 0 Å². The molecule has 0 saturated carbocycles. The minimum absolute atomic E-state index is 0.539. The summed E-state index contributed by atoms with van der Waals surface area (Å²) in [5.74, 6) is 0.841. The number of pyridine rings is 1. The van der Waals surface area contributed by atoms with Crippen molar-refractivity contribution in [3.63, 3.8) is 0 Å². The van der Waals surface area contributed by atoms with Crippen molar-refractivity contribution in [3.05, 3.63) is 35.8 Å². The molecule has 2 aromatic rings. The molecule has 0 amide bonds. The van der Waals surface area contributed by atoms with Gasteiger partial charge < -0.3 is 15.0 Å². The molecule has 0 bridgehead atoms. The van der Waals surface area contributed by atoms with Gasteiger partial charge in [0, 0.05) is 43.6 Å². The molecule has 2 heterocycles. The fraction of sp³-hybridized carbons (Fsp3) is 0.600. The molecule has 6 heteroatoms. The summed E-state index contributed by atoms with van der Waals surface area (Å²) >= 11 is 0. The highest BCUT2D eigenvalue weighted by atomic mass is 15.2. The molecular weight excluding hydrogens is 324 g/mol. The number of nitrogens with zero attached hydrogens (tertiary/aromatic N) is 4. The van der Waals surface area contributed by atoms with E-state index < -0.39 is 0 Å². The maximum Gasteiger partial charge on any atom is 0.191 e. The Kier molecular flexibility index (Phi) is 7.45. The molecule has 0 aromatic carbocycles. The van der Waals surface area contributed by atoms with Crippen molar-refractivity contribution in [1.29, 1.82) is 0 Å². The van der Waals surface area contributed by atoms with Crippen molar-refractivity contribution in [3.8, 4) is 0 Å². The largest absolute Gasteiger partial charge is 0.357 e. The van der Waals surface area contributed by atoms with Gasteiger partial charge in [0.25, 0.3) is 0 Å². The van der Waals surface area contributed by atoms with E-state index in [0.29, 0.717) is 18.6 Å². The van der Waals surface area contributed by atoms with Gasteiger partial charge in [0.2, 0.25) is 0 Å². The first kappa shape index (κ1) is 20.2. The zero-order chi connectivity index (χ0) is 19.1. The summed E-state index contributed by atoms with van der Waals surface area (Å²) in [6, 6.07) is 7.22. The van der Waals surface area contributed by atoms with Crippen LogP contribution in [0.25, 0.3) is 5.65 Å². The lowest BCUT2D eigenvalue weighted by Crippen LogP contribution is -2.45. The van der Waals surface area contributed by atoms with Gasteiger partial charge in [-0.2, -0.15) is 0 Å². The molecule has 0 fully saturated rings. The molecule has 0 atom stereocenters. The van der Waals surface area contributed by atoms with Crippen LogP contribution in [0.1, 0.15) is 46.0 Å². The molecule has 26 heavy (non-hydrogen) atoms. The number of rotatable bonds is 8. The number of imidazole rings is 1. The van der Waals surface area contributed by atoms with Gasteiger partial charge in [0.15, 0.2) is 5.96 Å². The van der Waals surface area contributed by atoms with Crippen molar-refractivity contribution in [2.75, 3.05) is 19.6 Å². The van der Waals surface area contributed by atoms with E-state index in [4.69, 9.17) is 4.99 Å². The Labute approximate surface area is 157 Å². The Morgan fingerprint density at radius 1 is 1.19 bits per heavy atom. The molecule has 0 unspecified atom stereocenters. The average molecular weight is 359 g/mol. The Hall–Kier alpha value is -2.08. The number of hydrogen-bond donors (Lipinski definition) is 2. The SMILES string of the molecule is CCNC(=NCc1cn2c(C)cccc2n1)NCCN(C(C)C)C(C)C. The van der Waals surface area contributed by atoms with Gasteiger partial charge in [0.05, 0.1) is 12.2 Å². The molecule has 0 spiro atoms. The molecule has 2 aromatic heterocycles. The highest BCUT2D eigenvalue weighted by Gasteiger charge is 2.12. The molecule has 0 aliphatic rings. The molecule has 144 valence electrons. The van der Waals surface area contributed by atoms with Crippen LogP contribution < -0.4 is 10.6 Å². The summed E-state index contributed by atoms with van der Waals surface area (Å²) < 4.78 is 2.11. The second-order valence-electron chi connectivity index (χ2n) is 7.17. The van der Waals surface area contributed by atoms with Crippen LogP contribution in [0.4, 0.5) is 0 Å². The summed E-state index contributed by atoms with van der Waals surface area (Å²) in [4.78, 5) is 11.8. The summed E-state index contributed by atoms with van der Waals surface area (Å²) in [7, 11) is 0. The average Bonchev–Trinajstić information content (AvgIpc) is 3.00. The molecule has 0 saturated heterocycles. The molecular formula is C20H34N6. The number of aryl methyl sites for hydroxylation is 1. The van der Waals surface area contributed by atoms with Crippen molar-refractivity contribution in [2.24, 2.45) is 4.99 Å².